The van der Waals surface area contributed by atoms with Crippen LogP contribution in [-0.2, 0) is 28.8 Å². The van der Waals surface area contributed by atoms with Gasteiger partial charge in [-0.15, -0.1) is 23.5 Å². The maximum atomic E-state index is 14.1. The first-order chi connectivity index (χ1) is 22.9. The maximum absolute atomic E-state index is 14.1. The van der Waals surface area contributed by atoms with E-state index in [1.807, 2.05) is 0 Å². The van der Waals surface area contributed by atoms with Crippen LogP contribution >= 0.6 is 23.5 Å². The number of hydrogen-bond donors (Lipinski definition) is 6. The van der Waals surface area contributed by atoms with Gasteiger partial charge in [0.15, 0.2) is 0 Å². The van der Waals surface area contributed by atoms with Crippen molar-refractivity contribution in [1.29, 1.82) is 0 Å². The second kappa shape index (κ2) is 20.7. The van der Waals surface area contributed by atoms with Gasteiger partial charge in [0.25, 0.3) is 0 Å². The van der Waals surface area contributed by atoms with Crippen LogP contribution < -0.4 is 136 Å². The summed E-state index contributed by atoms with van der Waals surface area (Å²) in [6.07, 6.45) is 0. The average molecular weight is 783 g/mol. The SMILES string of the molecule is CC1(C)S[C@H](C(NC(=O)[C@H](N)c2ccccc2)C(=O)N[C@@H](C(=O)N[C@H](C(=O)[O-])[C@@H]2N[C@@H](C(=O)[O-])C(C)(C)S2)c2ccccc2)N[C@H]1C(=O)[O-].[Na+].[Na+].[Na+]. The van der Waals surface area contributed by atoms with Crippen LogP contribution in [0.4, 0.5) is 0 Å². The average Bonchev–Trinajstić information content (AvgIpc) is 3.55. The molecule has 4 rings (SSSR count). The van der Waals surface area contributed by atoms with Gasteiger partial charge in [-0.1, -0.05) is 60.7 Å². The number of carbonyl (C=O) groups excluding carboxylic acids is 6. The molecule has 2 aliphatic heterocycles. The van der Waals surface area contributed by atoms with Gasteiger partial charge < -0.3 is 51.4 Å². The third-order valence-electron chi connectivity index (χ3n) is 8.25. The number of amides is 3. The summed E-state index contributed by atoms with van der Waals surface area (Å²) < 4.78 is -2.00. The van der Waals surface area contributed by atoms with E-state index in [2.05, 4.69) is 26.6 Å². The molecule has 0 aliphatic carbocycles. The molecule has 0 aromatic heterocycles. The minimum Gasteiger partial charge on any atom is -0.548 e. The standard InChI is InChI=1S/C32H40N6O9S2.3Na/c1-31(2)21(29(44)45)37-26(48-31)19(35-23(39)17(33)15-11-7-5-8-12-15)25(41)34-18(16-13-9-6-10-14-16)24(40)36-20(28(42)43)27-38-22(30(46)47)32(3,4)49-27;;;/h5-14,17-22,26-27,37-38H,33H2,1-4H3,(H,34,41)(H,35,39)(H,36,40)(H,42,43)(H,44,45)(H,46,47);;;/q;3*+1/p-3/t17-,18-,19?,20+,21+,22+,26-,27-;;;/m1.../s1. The van der Waals surface area contributed by atoms with Gasteiger partial charge in [-0.25, -0.2) is 0 Å². The number of nitrogens with one attached hydrogen (secondary N) is 5. The van der Waals surface area contributed by atoms with Crippen molar-refractivity contribution in [1.82, 2.24) is 26.6 Å². The molecule has 2 saturated heterocycles. The van der Waals surface area contributed by atoms with Crippen molar-refractivity contribution in [3.63, 3.8) is 0 Å². The summed E-state index contributed by atoms with van der Waals surface area (Å²) in [5.41, 5.74) is 6.87. The zero-order chi connectivity index (χ0) is 36.3. The van der Waals surface area contributed by atoms with Gasteiger partial charge in [-0.2, -0.15) is 0 Å². The summed E-state index contributed by atoms with van der Waals surface area (Å²) in [5, 5.41) is 46.7. The van der Waals surface area contributed by atoms with Gasteiger partial charge >= 0.3 is 88.7 Å². The zero-order valence-corrected chi connectivity index (χ0v) is 37.6. The quantitative estimate of drug-likeness (QED) is 0.103. The first-order valence-electron chi connectivity index (χ1n) is 15.2. The number of nitrogens with two attached hydrogens (primary N) is 1. The largest absolute Gasteiger partial charge is 1.00 e. The van der Waals surface area contributed by atoms with E-state index in [0.29, 0.717) is 5.56 Å². The Morgan fingerprint density at radius 2 is 1.04 bits per heavy atom. The monoisotopic (exact) mass is 782 g/mol. The van der Waals surface area contributed by atoms with E-state index < -0.39 is 92.1 Å². The molecule has 2 aliphatic rings. The van der Waals surface area contributed by atoms with Gasteiger partial charge in [-0.3, -0.25) is 25.0 Å². The third kappa shape index (κ3) is 11.9. The molecule has 0 saturated carbocycles. The van der Waals surface area contributed by atoms with Gasteiger partial charge in [0.1, 0.15) is 18.1 Å². The summed E-state index contributed by atoms with van der Waals surface area (Å²) in [5.74, 6) is -7.28. The fourth-order valence-corrected chi connectivity index (χ4v) is 8.59. The van der Waals surface area contributed by atoms with Crippen molar-refractivity contribution in [3.8, 4) is 0 Å². The van der Waals surface area contributed by atoms with E-state index in [1.165, 1.54) is 12.1 Å². The molecular weight excluding hydrogens is 745 g/mol. The van der Waals surface area contributed by atoms with E-state index in [9.17, 15) is 44.1 Å². The Bertz CT molecular complexity index is 1600. The van der Waals surface area contributed by atoms with Crippen LogP contribution in [0.5, 0.6) is 0 Å². The number of hydrogen-bond acceptors (Lipinski definition) is 14. The molecular formula is C32H37N6Na3O9S2. The molecule has 52 heavy (non-hydrogen) atoms. The minimum absolute atomic E-state index is 0. The molecule has 2 heterocycles. The molecule has 0 radical (unpaired) electrons. The molecule has 15 nitrogen and oxygen atoms in total. The Morgan fingerprint density at radius 1 is 0.635 bits per heavy atom. The molecule has 2 fully saturated rings. The maximum Gasteiger partial charge on any atom is 1.00 e. The summed E-state index contributed by atoms with van der Waals surface area (Å²) in [6.45, 7) is 6.40. The number of carboxylic acids is 3. The zero-order valence-electron chi connectivity index (χ0n) is 30.0. The Kier molecular flexibility index (Phi) is 19.4. The van der Waals surface area contributed by atoms with Crippen LogP contribution in [0.3, 0.4) is 0 Å². The Hall–Kier alpha value is -1.16. The summed E-state index contributed by atoms with van der Waals surface area (Å²) in [7, 11) is 0. The molecule has 264 valence electrons. The van der Waals surface area contributed by atoms with Crippen LogP contribution in [0.2, 0.25) is 0 Å². The Morgan fingerprint density at radius 3 is 1.44 bits per heavy atom. The van der Waals surface area contributed by atoms with Crippen molar-refractivity contribution in [2.24, 2.45) is 5.73 Å². The van der Waals surface area contributed by atoms with Crippen molar-refractivity contribution >= 4 is 59.2 Å². The van der Waals surface area contributed by atoms with E-state index in [4.69, 9.17) is 5.73 Å². The molecule has 2 aromatic carbocycles. The molecule has 7 N–H and O–H groups in total. The second-order valence-electron chi connectivity index (χ2n) is 12.7. The predicted molar refractivity (Wildman–Crippen MR) is 174 cm³/mol. The number of benzene rings is 2. The fourth-order valence-electron chi connectivity index (χ4n) is 5.63. The summed E-state index contributed by atoms with van der Waals surface area (Å²) >= 11 is 2.01. The number of carbonyl (C=O) groups is 6. The van der Waals surface area contributed by atoms with Crippen molar-refractivity contribution in [2.45, 2.75) is 84.2 Å². The van der Waals surface area contributed by atoms with Gasteiger partial charge in [-0.05, 0) is 38.8 Å². The number of thioether (sulfide) groups is 2. The molecule has 0 bridgehead atoms. The second-order valence-corrected chi connectivity index (χ2v) is 16.2. The first kappa shape index (κ1) is 48.9. The third-order valence-corrected chi connectivity index (χ3v) is 11.3. The Labute approximate surface area is 376 Å². The topological polar surface area (TPSA) is 258 Å². The van der Waals surface area contributed by atoms with Crippen molar-refractivity contribution < 1.29 is 133 Å². The summed E-state index contributed by atoms with van der Waals surface area (Å²) in [4.78, 5) is 77.2. The van der Waals surface area contributed by atoms with Gasteiger partial charge in [0, 0.05) is 9.49 Å². The Balaban J connectivity index is 0.00000451. The minimum atomic E-state index is -1.75. The smallest absolute Gasteiger partial charge is 0.548 e. The van der Waals surface area contributed by atoms with E-state index in [0.717, 1.165) is 23.5 Å². The van der Waals surface area contributed by atoms with Crippen LogP contribution in [0.15, 0.2) is 60.7 Å². The summed E-state index contributed by atoms with van der Waals surface area (Å²) in [6, 6.07) is 7.69. The molecule has 0 spiro atoms. The molecule has 1 unspecified atom stereocenters. The van der Waals surface area contributed by atoms with E-state index in [1.54, 1.807) is 76.2 Å². The normalized spacial score (nSPS) is 23.4. The molecule has 3 amide bonds. The van der Waals surface area contributed by atoms with Gasteiger partial charge in [0.2, 0.25) is 17.7 Å². The fraction of sp³-hybridized carbons (Fsp3) is 0.438. The van der Waals surface area contributed by atoms with Gasteiger partial charge in [0.05, 0.1) is 46.8 Å². The van der Waals surface area contributed by atoms with Crippen molar-refractivity contribution in [2.75, 3.05) is 0 Å². The molecule has 8 atom stereocenters. The molecule has 20 heteroatoms. The van der Waals surface area contributed by atoms with Crippen LogP contribution in [0.1, 0.15) is 50.9 Å². The first-order valence-corrected chi connectivity index (χ1v) is 17.0. The van der Waals surface area contributed by atoms with Crippen LogP contribution in [0.25, 0.3) is 0 Å². The van der Waals surface area contributed by atoms with E-state index in [-0.39, 0.29) is 94.2 Å². The number of carboxylic acid groups (broad SMARTS) is 3. The van der Waals surface area contributed by atoms with Crippen LogP contribution in [0, 0.1) is 0 Å². The van der Waals surface area contributed by atoms with Crippen molar-refractivity contribution in [3.05, 3.63) is 71.8 Å². The number of aliphatic carboxylic acids is 3. The number of rotatable bonds is 13. The van der Waals surface area contributed by atoms with Crippen LogP contribution in [-0.4, -0.2) is 80.0 Å². The van der Waals surface area contributed by atoms with E-state index >= 15 is 0 Å². The molecule has 2 aromatic rings. The predicted octanol–water partition coefficient (Wildman–Crippen LogP) is -12.6.